The molecular formula is C15H9IOS. The van der Waals surface area contributed by atoms with Crippen molar-refractivity contribution < 1.29 is 4.79 Å². The van der Waals surface area contributed by atoms with Crippen LogP contribution >= 0.6 is 33.9 Å². The standard InChI is InChI=1S/C15H9IOS/c16-14-8-11(9-18-14)15(17)13-7-3-5-10-4-1-2-6-12(10)13/h1-9H. The molecule has 0 bridgehead atoms. The highest BCUT2D eigenvalue weighted by Gasteiger charge is 2.13. The summed E-state index contributed by atoms with van der Waals surface area (Å²) in [7, 11) is 0. The van der Waals surface area contributed by atoms with Crippen molar-refractivity contribution in [2.45, 2.75) is 0 Å². The third-order valence-corrected chi connectivity index (χ3v) is 4.65. The summed E-state index contributed by atoms with van der Waals surface area (Å²) in [6.07, 6.45) is 0. The lowest BCUT2D eigenvalue weighted by atomic mass is 9.99. The molecule has 0 amide bonds. The fourth-order valence-corrected chi connectivity index (χ4v) is 3.33. The summed E-state index contributed by atoms with van der Waals surface area (Å²) >= 11 is 3.84. The van der Waals surface area contributed by atoms with Crippen molar-refractivity contribution in [2.24, 2.45) is 0 Å². The van der Waals surface area contributed by atoms with Gasteiger partial charge in [0.15, 0.2) is 5.78 Å². The van der Waals surface area contributed by atoms with Gasteiger partial charge in [-0.25, -0.2) is 0 Å². The van der Waals surface area contributed by atoms with Gasteiger partial charge in [-0.15, -0.1) is 11.3 Å². The number of rotatable bonds is 2. The van der Waals surface area contributed by atoms with Crippen molar-refractivity contribution in [2.75, 3.05) is 0 Å². The monoisotopic (exact) mass is 364 g/mol. The number of halogens is 1. The first-order chi connectivity index (χ1) is 8.75. The first-order valence-electron chi connectivity index (χ1n) is 5.52. The topological polar surface area (TPSA) is 17.1 Å². The maximum atomic E-state index is 12.5. The second kappa shape index (κ2) is 4.82. The zero-order valence-corrected chi connectivity index (χ0v) is 12.4. The molecule has 3 rings (SSSR count). The molecule has 3 aromatic rings. The molecule has 0 atom stereocenters. The van der Waals surface area contributed by atoms with Gasteiger partial charge in [-0.1, -0.05) is 42.5 Å². The van der Waals surface area contributed by atoms with Crippen molar-refractivity contribution in [3.63, 3.8) is 0 Å². The summed E-state index contributed by atoms with van der Waals surface area (Å²) in [4.78, 5) is 12.5. The van der Waals surface area contributed by atoms with Crippen molar-refractivity contribution in [1.29, 1.82) is 0 Å². The van der Waals surface area contributed by atoms with Gasteiger partial charge in [0.1, 0.15) is 0 Å². The normalized spacial score (nSPS) is 10.7. The molecule has 0 radical (unpaired) electrons. The molecule has 0 unspecified atom stereocenters. The first kappa shape index (κ1) is 11.9. The molecular weight excluding hydrogens is 355 g/mol. The Kier molecular flexibility index (Phi) is 3.18. The van der Waals surface area contributed by atoms with Crippen LogP contribution in [0.5, 0.6) is 0 Å². The first-order valence-corrected chi connectivity index (χ1v) is 7.48. The van der Waals surface area contributed by atoms with E-state index in [9.17, 15) is 4.79 Å². The molecule has 18 heavy (non-hydrogen) atoms. The molecule has 0 aliphatic rings. The minimum atomic E-state index is 0.103. The van der Waals surface area contributed by atoms with Crippen molar-refractivity contribution in [1.82, 2.24) is 0 Å². The Bertz CT molecular complexity index is 725. The average Bonchev–Trinajstić information content (AvgIpc) is 2.84. The molecule has 3 heteroatoms. The second-order valence-corrected chi connectivity index (χ2v) is 6.80. The van der Waals surface area contributed by atoms with Crippen molar-refractivity contribution in [3.8, 4) is 0 Å². The maximum absolute atomic E-state index is 12.5. The molecule has 1 heterocycles. The van der Waals surface area contributed by atoms with Crippen LogP contribution in [0.1, 0.15) is 15.9 Å². The van der Waals surface area contributed by atoms with Gasteiger partial charge in [-0.2, -0.15) is 0 Å². The number of ketones is 1. The Morgan fingerprint density at radius 1 is 1.06 bits per heavy atom. The van der Waals surface area contributed by atoms with Crippen LogP contribution in [0.2, 0.25) is 0 Å². The fraction of sp³-hybridized carbons (Fsp3) is 0. The van der Waals surface area contributed by atoms with E-state index in [2.05, 4.69) is 22.6 Å². The van der Waals surface area contributed by atoms with E-state index in [4.69, 9.17) is 0 Å². The number of hydrogen-bond acceptors (Lipinski definition) is 2. The van der Waals surface area contributed by atoms with Crippen LogP contribution in [0.15, 0.2) is 53.9 Å². The molecule has 1 aromatic heterocycles. The van der Waals surface area contributed by atoms with Crippen molar-refractivity contribution >= 4 is 50.5 Å². The largest absolute Gasteiger partial charge is 0.289 e. The van der Waals surface area contributed by atoms with E-state index >= 15 is 0 Å². The number of hydrogen-bond donors (Lipinski definition) is 0. The molecule has 0 aliphatic heterocycles. The molecule has 2 aromatic carbocycles. The number of fused-ring (bicyclic) bond motifs is 1. The number of carbonyl (C=O) groups is 1. The van der Waals surface area contributed by atoms with Crippen LogP contribution in [0.25, 0.3) is 10.8 Å². The second-order valence-electron chi connectivity index (χ2n) is 4.00. The number of benzene rings is 2. The van der Waals surface area contributed by atoms with Crippen LogP contribution in [-0.2, 0) is 0 Å². The van der Waals surface area contributed by atoms with Gasteiger partial charge in [0.25, 0.3) is 0 Å². The predicted octanol–water partition coefficient (Wildman–Crippen LogP) is 4.74. The van der Waals surface area contributed by atoms with Crippen LogP contribution in [-0.4, -0.2) is 5.78 Å². The summed E-state index contributed by atoms with van der Waals surface area (Å²) in [5, 5.41) is 4.05. The van der Waals surface area contributed by atoms with Gasteiger partial charge in [0, 0.05) is 16.5 Å². The van der Waals surface area contributed by atoms with Gasteiger partial charge >= 0.3 is 0 Å². The average molecular weight is 364 g/mol. The molecule has 0 N–H and O–H groups in total. The summed E-state index contributed by atoms with van der Waals surface area (Å²) < 4.78 is 1.14. The van der Waals surface area contributed by atoms with E-state index in [0.717, 1.165) is 24.8 Å². The van der Waals surface area contributed by atoms with Crippen LogP contribution < -0.4 is 0 Å². The van der Waals surface area contributed by atoms with Gasteiger partial charge in [-0.05, 0) is 39.4 Å². The highest BCUT2D eigenvalue weighted by atomic mass is 127. The molecule has 0 fully saturated rings. The lowest BCUT2D eigenvalue weighted by Gasteiger charge is -2.04. The highest BCUT2D eigenvalue weighted by Crippen LogP contribution is 2.24. The Labute approximate surface area is 123 Å². The van der Waals surface area contributed by atoms with Crippen molar-refractivity contribution in [3.05, 3.63) is 67.9 Å². The lowest BCUT2D eigenvalue weighted by Crippen LogP contribution is -2.00. The van der Waals surface area contributed by atoms with Gasteiger partial charge in [0.05, 0.1) is 2.88 Å². The zero-order valence-electron chi connectivity index (χ0n) is 9.39. The SMILES string of the molecule is O=C(c1csc(I)c1)c1cccc2ccccc12. The predicted molar refractivity (Wildman–Crippen MR) is 84.4 cm³/mol. The molecule has 0 saturated carbocycles. The van der Waals surface area contributed by atoms with Crippen LogP contribution in [0.3, 0.4) is 0 Å². The molecule has 0 saturated heterocycles. The van der Waals surface area contributed by atoms with Crippen LogP contribution in [0, 0.1) is 2.88 Å². The highest BCUT2D eigenvalue weighted by molar-refractivity contribution is 14.1. The molecule has 0 spiro atoms. The van der Waals surface area contributed by atoms with E-state index in [0.29, 0.717) is 0 Å². The minimum absolute atomic E-state index is 0.103. The molecule has 88 valence electrons. The van der Waals surface area contributed by atoms with Crippen LogP contribution in [0.4, 0.5) is 0 Å². The number of carbonyl (C=O) groups excluding carboxylic acids is 1. The zero-order chi connectivity index (χ0) is 12.5. The third kappa shape index (κ3) is 2.08. The number of thiophene rings is 1. The summed E-state index contributed by atoms with van der Waals surface area (Å²) in [6.45, 7) is 0. The van der Waals surface area contributed by atoms with Gasteiger partial charge < -0.3 is 0 Å². The Morgan fingerprint density at radius 3 is 2.61 bits per heavy atom. The van der Waals surface area contributed by atoms with E-state index < -0.39 is 0 Å². The van der Waals surface area contributed by atoms with E-state index in [1.54, 1.807) is 11.3 Å². The molecule has 1 nitrogen and oxygen atoms in total. The quantitative estimate of drug-likeness (QED) is 0.474. The Balaban J connectivity index is 2.17. The summed E-state index contributed by atoms with van der Waals surface area (Å²) in [5.74, 6) is 0.103. The Hall–Kier alpha value is -1.20. The summed E-state index contributed by atoms with van der Waals surface area (Å²) in [5.41, 5.74) is 1.56. The fourth-order valence-electron chi connectivity index (χ4n) is 2.01. The lowest BCUT2D eigenvalue weighted by molar-refractivity contribution is 0.104. The van der Waals surface area contributed by atoms with Gasteiger partial charge in [0.2, 0.25) is 0 Å². The minimum Gasteiger partial charge on any atom is -0.289 e. The van der Waals surface area contributed by atoms with E-state index in [-0.39, 0.29) is 5.78 Å². The van der Waals surface area contributed by atoms with E-state index in [1.165, 1.54) is 0 Å². The van der Waals surface area contributed by atoms with E-state index in [1.807, 2.05) is 53.9 Å². The van der Waals surface area contributed by atoms with Gasteiger partial charge in [-0.3, -0.25) is 4.79 Å². The maximum Gasteiger partial charge on any atom is 0.194 e. The summed E-state index contributed by atoms with van der Waals surface area (Å²) in [6, 6.07) is 15.8. The smallest absolute Gasteiger partial charge is 0.194 e. The third-order valence-electron chi connectivity index (χ3n) is 2.86. The Morgan fingerprint density at radius 2 is 1.83 bits per heavy atom. The molecule has 0 aliphatic carbocycles.